The summed E-state index contributed by atoms with van der Waals surface area (Å²) in [5.41, 5.74) is 1.69. The highest BCUT2D eigenvalue weighted by molar-refractivity contribution is 5.94. The summed E-state index contributed by atoms with van der Waals surface area (Å²) in [4.78, 5) is 12.1. The number of nitrogens with one attached hydrogen (secondary N) is 2. The van der Waals surface area contributed by atoms with Crippen LogP contribution in [0.3, 0.4) is 0 Å². The summed E-state index contributed by atoms with van der Waals surface area (Å²) >= 11 is 0. The van der Waals surface area contributed by atoms with Crippen LogP contribution < -0.4 is 15.4 Å². The maximum atomic E-state index is 12.1. The number of aryl methyl sites for hydroxylation is 1. The topological polar surface area (TPSA) is 50.4 Å². The van der Waals surface area contributed by atoms with E-state index in [0.717, 1.165) is 24.3 Å². The van der Waals surface area contributed by atoms with Crippen LogP contribution in [-0.4, -0.2) is 32.1 Å². The number of rotatable bonds is 5. The fourth-order valence-corrected chi connectivity index (χ4v) is 2.59. The average Bonchev–Trinajstić information content (AvgIpc) is 2.48. The minimum Gasteiger partial charge on any atom is -0.496 e. The van der Waals surface area contributed by atoms with Crippen LogP contribution in [0.2, 0.25) is 0 Å². The summed E-state index contributed by atoms with van der Waals surface area (Å²) in [6, 6.07) is 6.10. The minimum atomic E-state index is -0.0286. The van der Waals surface area contributed by atoms with Gasteiger partial charge in [-0.25, -0.2) is 0 Å². The van der Waals surface area contributed by atoms with Gasteiger partial charge in [-0.3, -0.25) is 4.79 Å². The lowest BCUT2D eigenvalue weighted by atomic mass is 10.0. The molecule has 1 amide bonds. The first kappa shape index (κ1) is 14.9. The highest BCUT2D eigenvalue weighted by Crippen LogP contribution is 2.18. The van der Waals surface area contributed by atoms with Crippen molar-refractivity contribution in [2.24, 2.45) is 0 Å². The van der Waals surface area contributed by atoms with Crippen LogP contribution in [0.1, 0.15) is 41.6 Å². The molecule has 0 aromatic heterocycles. The van der Waals surface area contributed by atoms with Crippen LogP contribution in [0.4, 0.5) is 0 Å². The number of carbonyl (C=O) groups is 1. The SMILES string of the molecule is COc1cc(C(=O)NCCC2CCCCN2)ccc1C. The Labute approximate surface area is 120 Å². The Bertz CT molecular complexity index is 454. The molecular formula is C16H24N2O2. The van der Waals surface area contributed by atoms with Gasteiger partial charge in [0.05, 0.1) is 7.11 Å². The van der Waals surface area contributed by atoms with E-state index in [4.69, 9.17) is 4.74 Å². The van der Waals surface area contributed by atoms with Gasteiger partial charge in [0.2, 0.25) is 0 Å². The summed E-state index contributed by atoms with van der Waals surface area (Å²) < 4.78 is 5.25. The van der Waals surface area contributed by atoms with Crippen LogP contribution in [0, 0.1) is 6.92 Å². The maximum absolute atomic E-state index is 12.1. The average molecular weight is 276 g/mol. The van der Waals surface area contributed by atoms with Gasteiger partial charge in [0.15, 0.2) is 0 Å². The van der Waals surface area contributed by atoms with Crippen molar-refractivity contribution in [1.82, 2.24) is 10.6 Å². The first-order chi connectivity index (χ1) is 9.70. The summed E-state index contributed by atoms with van der Waals surface area (Å²) in [7, 11) is 1.62. The van der Waals surface area contributed by atoms with Gasteiger partial charge < -0.3 is 15.4 Å². The molecule has 4 nitrogen and oxygen atoms in total. The third kappa shape index (κ3) is 3.97. The number of carbonyl (C=O) groups excluding carboxylic acids is 1. The number of amides is 1. The van der Waals surface area contributed by atoms with Crippen molar-refractivity contribution in [3.63, 3.8) is 0 Å². The smallest absolute Gasteiger partial charge is 0.251 e. The summed E-state index contributed by atoms with van der Waals surface area (Å²) in [6.45, 7) is 3.79. The summed E-state index contributed by atoms with van der Waals surface area (Å²) in [5, 5.41) is 6.47. The molecule has 1 aromatic carbocycles. The fraction of sp³-hybridized carbons (Fsp3) is 0.562. The van der Waals surface area contributed by atoms with E-state index in [-0.39, 0.29) is 5.91 Å². The third-order valence-corrected chi connectivity index (χ3v) is 3.86. The quantitative estimate of drug-likeness (QED) is 0.867. The van der Waals surface area contributed by atoms with Crippen LogP contribution in [-0.2, 0) is 0 Å². The number of benzene rings is 1. The first-order valence-electron chi connectivity index (χ1n) is 7.37. The molecule has 20 heavy (non-hydrogen) atoms. The zero-order chi connectivity index (χ0) is 14.4. The third-order valence-electron chi connectivity index (χ3n) is 3.86. The van der Waals surface area contributed by atoms with Crippen LogP contribution in [0.5, 0.6) is 5.75 Å². The van der Waals surface area contributed by atoms with Crippen LogP contribution in [0.25, 0.3) is 0 Å². The molecule has 2 rings (SSSR count). The Morgan fingerprint density at radius 2 is 2.30 bits per heavy atom. The van der Waals surface area contributed by atoms with Gasteiger partial charge in [0.25, 0.3) is 5.91 Å². The molecule has 1 aliphatic heterocycles. The largest absolute Gasteiger partial charge is 0.496 e. The normalized spacial score (nSPS) is 18.6. The molecule has 1 unspecified atom stereocenters. The minimum absolute atomic E-state index is 0.0286. The van der Waals surface area contributed by atoms with E-state index >= 15 is 0 Å². The second-order valence-corrected chi connectivity index (χ2v) is 5.38. The molecule has 4 heteroatoms. The van der Waals surface area contributed by atoms with Gasteiger partial charge >= 0.3 is 0 Å². The fourth-order valence-electron chi connectivity index (χ4n) is 2.59. The van der Waals surface area contributed by atoms with Crippen molar-refractivity contribution in [2.45, 2.75) is 38.6 Å². The molecule has 0 bridgehead atoms. The number of piperidine rings is 1. The first-order valence-corrected chi connectivity index (χ1v) is 7.37. The molecule has 110 valence electrons. The molecule has 0 aliphatic carbocycles. The van der Waals surface area contributed by atoms with E-state index in [1.807, 2.05) is 19.1 Å². The molecule has 0 spiro atoms. The predicted octanol–water partition coefficient (Wildman–Crippen LogP) is 2.27. The van der Waals surface area contributed by atoms with Crippen LogP contribution >= 0.6 is 0 Å². The van der Waals surface area contributed by atoms with E-state index in [1.54, 1.807) is 13.2 Å². The van der Waals surface area contributed by atoms with Gasteiger partial charge in [-0.2, -0.15) is 0 Å². The van der Waals surface area contributed by atoms with Crippen molar-refractivity contribution in [2.75, 3.05) is 20.2 Å². The van der Waals surface area contributed by atoms with Crippen molar-refractivity contribution < 1.29 is 9.53 Å². The highest BCUT2D eigenvalue weighted by Gasteiger charge is 2.13. The molecule has 1 atom stereocenters. The van der Waals surface area contributed by atoms with Crippen molar-refractivity contribution >= 4 is 5.91 Å². The molecule has 1 heterocycles. The summed E-state index contributed by atoms with van der Waals surface area (Å²) in [6.07, 6.45) is 4.77. The van der Waals surface area contributed by atoms with E-state index in [2.05, 4.69) is 10.6 Å². The maximum Gasteiger partial charge on any atom is 0.251 e. The highest BCUT2D eigenvalue weighted by atomic mass is 16.5. The molecule has 1 saturated heterocycles. The van der Waals surface area contributed by atoms with Gasteiger partial charge in [-0.05, 0) is 50.4 Å². The standard InChI is InChI=1S/C16H24N2O2/c1-12-6-7-13(11-15(12)20-2)16(19)18-10-8-14-5-3-4-9-17-14/h6-7,11,14,17H,3-5,8-10H2,1-2H3,(H,18,19). The molecule has 1 aliphatic rings. The zero-order valence-corrected chi connectivity index (χ0v) is 12.4. The van der Waals surface area contributed by atoms with Gasteiger partial charge in [-0.1, -0.05) is 12.5 Å². The number of hydrogen-bond acceptors (Lipinski definition) is 3. The molecule has 1 fully saturated rings. The lowest BCUT2D eigenvalue weighted by Crippen LogP contribution is -2.37. The number of ether oxygens (including phenoxy) is 1. The number of hydrogen-bond donors (Lipinski definition) is 2. The van der Waals surface area contributed by atoms with Crippen molar-refractivity contribution in [1.29, 1.82) is 0 Å². The van der Waals surface area contributed by atoms with E-state index in [1.165, 1.54) is 19.3 Å². The van der Waals surface area contributed by atoms with Gasteiger partial charge in [0.1, 0.15) is 5.75 Å². The van der Waals surface area contributed by atoms with E-state index in [9.17, 15) is 4.79 Å². The zero-order valence-electron chi connectivity index (χ0n) is 12.4. The lowest BCUT2D eigenvalue weighted by Gasteiger charge is -2.23. The molecular weight excluding hydrogens is 252 g/mol. The van der Waals surface area contributed by atoms with E-state index < -0.39 is 0 Å². The Hall–Kier alpha value is -1.55. The second-order valence-electron chi connectivity index (χ2n) is 5.38. The predicted molar refractivity (Wildman–Crippen MR) is 80.3 cm³/mol. The van der Waals surface area contributed by atoms with Crippen molar-refractivity contribution in [3.05, 3.63) is 29.3 Å². The number of methoxy groups -OCH3 is 1. The van der Waals surface area contributed by atoms with E-state index in [0.29, 0.717) is 18.2 Å². The monoisotopic (exact) mass is 276 g/mol. The van der Waals surface area contributed by atoms with Gasteiger partial charge in [0, 0.05) is 18.2 Å². The second kappa shape index (κ2) is 7.29. The van der Waals surface area contributed by atoms with Gasteiger partial charge in [-0.15, -0.1) is 0 Å². The lowest BCUT2D eigenvalue weighted by molar-refractivity contribution is 0.0951. The Balaban J connectivity index is 1.82. The molecule has 0 saturated carbocycles. The van der Waals surface area contributed by atoms with Crippen LogP contribution in [0.15, 0.2) is 18.2 Å². The molecule has 1 aromatic rings. The Morgan fingerprint density at radius 1 is 1.45 bits per heavy atom. The molecule has 2 N–H and O–H groups in total. The summed E-state index contributed by atoms with van der Waals surface area (Å²) in [5.74, 6) is 0.728. The van der Waals surface area contributed by atoms with Crippen molar-refractivity contribution in [3.8, 4) is 5.75 Å². The Kier molecular flexibility index (Phi) is 5.41. The Morgan fingerprint density at radius 3 is 3.00 bits per heavy atom. The molecule has 0 radical (unpaired) electrons.